The van der Waals surface area contributed by atoms with Crippen LogP contribution < -0.4 is 4.74 Å². The first-order valence-corrected chi connectivity index (χ1v) is 9.75. The van der Waals surface area contributed by atoms with Crippen LogP contribution in [0.3, 0.4) is 0 Å². The summed E-state index contributed by atoms with van der Waals surface area (Å²) in [4.78, 5) is 18.6. The van der Waals surface area contributed by atoms with E-state index in [1.165, 1.54) is 29.8 Å². The van der Waals surface area contributed by atoms with Crippen LogP contribution in [0.5, 0.6) is 5.75 Å². The van der Waals surface area contributed by atoms with E-state index >= 15 is 0 Å². The van der Waals surface area contributed by atoms with Crippen molar-refractivity contribution >= 4 is 5.91 Å². The van der Waals surface area contributed by atoms with E-state index in [0.29, 0.717) is 30.8 Å². The van der Waals surface area contributed by atoms with E-state index in [9.17, 15) is 18.0 Å². The zero-order chi connectivity index (χ0) is 22.2. The van der Waals surface area contributed by atoms with Gasteiger partial charge in [-0.1, -0.05) is 23.4 Å². The fourth-order valence-corrected chi connectivity index (χ4v) is 3.58. The number of amides is 1. The van der Waals surface area contributed by atoms with Crippen LogP contribution >= 0.6 is 0 Å². The third-order valence-electron chi connectivity index (χ3n) is 5.33. The van der Waals surface area contributed by atoms with Crippen molar-refractivity contribution in [3.05, 3.63) is 65.0 Å². The number of hydrogen-bond acceptors (Lipinski definition) is 5. The zero-order valence-electron chi connectivity index (χ0n) is 16.9. The highest BCUT2D eigenvalue weighted by molar-refractivity contribution is 5.78. The van der Waals surface area contributed by atoms with Gasteiger partial charge in [-0.25, -0.2) is 0 Å². The summed E-state index contributed by atoms with van der Waals surface area (Å²) in [6.07, 6.45) is -3.81. The van der Waals surface area contributed by atoms with Crippen molar-refractivity contribution in [3.63, 3.8) is 0 Å². The molecule has 1 aromatic heterocycles. The number of likely N-dealkylation sites (tertiary alicyclic amines) is 1. The van der Waals surface area contributed by atoms with Crippen LogP contribution in [-0.2, 0) is 11.3 Å². The molecule has 0 spiro atoms. The number of halogens is 3. The molecule has 31 heavy (non-hydrogen) atoms. The average molecular weight is 431 g/mol. The van der Waals surface area contributed by atoms with Crippen LogP contribution in [0, 0.1) is 13.8 Å². The molecule has 1 atom stereocenters. The maximum atomic E-state index is 12.5. The predicted octanol–water partition coefficient (Wildman–Crippen LogP) is 5.12. The minimum absolute atomic E-state index is 0.0108. The van der Waals surface area contributed by atoms with Gasteiger partial charge >= 0.3 is 6.36 Å². The SMILES string of the molecule is Cc1ccc(CN2C(=O)CCC2c2nc(-c3ccc(OC(F)(F)F)cc3)no2)cc1C. The third-order valence-corrected chi connectivity index (χ3v) is 5.33. The molecule has 1 unspecified atom stereocenters. The van der Waals surface area contributed by atoms with E-state index in [0.717, 1.165) is 11.1 Å². The van der Waals surface area contributed by atoms with Gasteiger partial charge in [0.15, 0.2) is 0 Å². The van der Waals surface area contributed by atoms with E-state index < -0.39 is 6.36 Å². The molecule has 0 radical (unpaired) electrons. The highest BCUT2D eigenvalue weighted by Crippen LogP contribution is 2.34. The smallest absolute Gasteiger partial charge is 0.406 e. The van der Waals surface area contributed by atoms with Gasteiger partial charge in [-0.15, -0.1) is 13.2 Å². The minimum Gasteiger partial charge on any atom is -0.406 e. The molecule has 6 nitrogen and oxygen atoms in total. The van der Waals surface area contributed by atoms with Crippen molar-refractivity contribution in [1.82, 2.24) is 15.0 Å². The summed E-state index contributed by atoms with van der Waals surface area (Å²) in [7, 11) is 0. The summed E-state index contributed by atoms with van der Waals surface area (Å²) in [6.45, 7) is 4.49. The fraction of sp³-hybridized carbons (Fsp3) is 0.318. The topological polar surface area (TPSA) is 68.5 Å². The Hall–Kier alpha value is -3.36. The Morgan fingerprint density at radius 2 is 1.87 bits per heavy atom. The van der Waals surface area contributed by atoms with Gasteiger partial charge in [0.1, 0.15) is 11.8 Å². The Bertz CT molecular complexity index is 1090. The van der Waals surface area contributed by atoms with Crippen LogP contribution in [0.4, 0.5) is 13.2 Å². The Morgan fingerprint density at radius 1 is 1.13 bits per heavy atom. The largest absolute Gasteiger partial charge is 0.573 e. The first kappa shape index (κ1) is 20.9. The number of alkyl halides is 3. The molecule has 0 N–H and O–H groups in total. The molecule has 2 aromatic carbocycles. The summed E-state index contributed by atoms with van der Waals surface area (Å²) >= 11 is 0. The summed E-state index contributed by atoms with van der Waals surface area (Å²) in [5, 5.41) is 3.94. The summed E-state index contributed by atoms with van der Waals surface area (Å²) in [5.41, 5.74) is 3.83. The standard InChI is InChI=1S/C22H20F3N3O3/c1-13-3-4-15(11-14(13)2)12-28-18(9-10-19(28)29)21-26-20(27-31-21)16-5-7-17(8-6-16)30-22(23,24)25/h3-8,11,18H,9-10,12H2,1-2H3. The van der Waals surface area contributed by atoms with Crippen molar-refractivity contribution in [2.24, 2.45) is 0 Å². The number of carbonyl (C=O) groups excluding carboxylic acids is 1. The second kappa shape index (κ2) is 8.05. The summed E-state index contributed by atoms with van der Waals surface area (Å²) in [6, 6.07) is 10.9. The lowest BCUT2D eigenvalue weighted by Gasteiger charge is -2.22. The number of ether oxygens (including phenoxy) is 1. The lowest BCUT2D eigenvalue weighted by Crippen LogP contribution is -2.27. The van der Waals surface area contributed by atoms with Crippen molar-refractivity contribution in [2.45, 2.75) is 45.6 Å². The molecule has 1 amide bonds. The number of rotatable bonds is 5. The number of aromatic nitrogens is 2. The van der Waals surface area contributed by atoms with Crippen LogP contribution in [-0.4, -0.2) is 27.3 Å². The van der Waals surface area contributed by atoms with Gasteiger partial charge in [-0.3, -0.25) is 4.79 Å². The molecular weight excluding hydrogens is 411 g/mol. The van der Waals surface area contributed by atoms with Gasteiger partial charge in [-0.05, 0) is 61.2 Å². The minimum atomic E-state index is -4.75. The fourth-order valence-electron chi connectivity index (χ4n) is 3.58. The number of hydrogen-bond donors (Lipinski definition) is 0. The number of nitrogens with zero attached hydrogens (tertiary/aromatic N) is 3. The second-order valence-corrected chi connectivity index (χ2v) is 7.52. The summed E-state index contributed by atoms with van der Waals surface area (Å²) in [5.74, 6) is 0.219. The molecular formula is C22H20F3N3O3. The van der Waals surface area contributed by atoms with Crippen molar-refractivity contribution < 1.29 is 27.2 Å². The van der Waals surface area contributed by atoms with E-state index in [1.807, 2.05) is 26.0 Å². The first-order chi connectivity index (χ1) is 14.7. The van der Waals surface area contributed by atoms with Gasteiger partial charge < -0.3 is 14.2 Å². The normalized spacial score (nSPS) is 16.7. The van der Waals surface area contributed by atoms with E-state index in [4.69, 9.17) is 4.52 Å². The van der Waals surface area contributed by atoms with Crippen LogP contribution in [0.15, 0.2) is 47.0 Å². The lowest BCUT2D eigenvalue weighted by molar-refractivity contribution is -0.274. The predicted molar refractivity (Wildman–Crippen MR) is 105 cm³/mol. The number of benzene rings is 2. The maximum Gasteiger partial charge on any atom is 0.573 e. The molecule has 0 bridgehead atoms. The second-order valence-electron chi connectivity index (χ2n) is 7.52. The van der Waals surface area contributed by atoms with Gasteiger partial charge in [0.25, 0.3) is 0 Å². The van der Waals surface area contributed by atoms with Gasteiger partial charge in [0.2, 0.25) is 17.6 Å². The zero-order valence-corrected chi connectivity index (χ0v) is 16.9. The van der Waals surface area contributed by atoms with Gasteiger partial charge in [0.05, 0.1) is 0 Å². The molecule has 0 saturated carbocycles. The number of carbonyl (C=O) groups is 1. The Kier molecular flexibility index (Phi) is 5.43. The van der Waals surface area contributed by atoms with Crippen LogP contribution in [0.25, 0.3) is 11.4 Å². The molecule has 4 rings (SSSR count). The van der Waals surface area contributed by atoms with Crippen molar-refractivity contribution in [2.75, 3.05) is 0 Å². The highest BCUT2D eigenvalue weighted by Gasteiger charge is 2.36. The molecule has 1 aliphatic heterocycles. The van der Waals surface area contributed by atoms with E-state index in [1.54, 1.807) is 4.90 Å². The average Bonchev–Trinajstić information content (AvgIpc) is 3.32. The molecule has 2 heterocycles. The van der Waals surface area contributed by atoms with Gasteiger partial charge in [0, 0.05) is 18.5 Å². The first-order valence-electron chi connectivity index (χ1n) is 9.75. The van der Waals surface area contributed by atoms with Crippen molar-refractivity contribution in [3.8, 4) is 17.1 Å². The molecule has 0 aliphatic carbocycles. The molecule has 1 fully saturated rings. The lowest BCUT2D eigenvalue weighted by atomic mass is 10.1. The number of aryl methyl sites for hydroxylation is 2. The molecule has 3 aromatic rings. The maximum absolute atomic E-state index is 12.5. The quantitative estimate of drug-likeness (QED) is 0.561. The van der Waals surface area contributed by atoms with E-state index in [-0.39, 0.29) is 23.5 Å². The Balaban J connectivity index is 1.52. The van der Waals surface area contributed by atoms with Crippen LogP contribution in [0.2, 0.25) is 0 Å². The summed E-state index contributed by atoms with van der Waals surface area (Å²) < 4.78 is 46.2. The van der Waals surface area contributed by atoms with E-state index in [2.05, 4.69) is 20.9 Å². The van der Waals surface area contributed by atoms with Crippen LogP contribution in [0.1, 0.15) is 41.5 Å². The molecule has 162 valence electrons. The third kappa shape index (κ3) is 4.70. The molecule has 1 aliphatic rings. The Labute approximate surface area is 176 Å². The van der Waals surface area contributed by atoms with Crippen molar-refractivity contribution in [1.29, 1.82) is 0 Å². The Morgan fingerprint density at radius 3 is 2.55 bits per heavy atom. The molecule has 9 heteroatoms. The van der Waals surface area contributed by atoms with Gasteiger partial charge in [-0.2, -0.15) is 4.98 Å². The molecule has 1 saturated heterocycles. The monoisotopic (exact) mass is 431 g/mol. The highest BCUT2D eigenvalue weighted by atomic mass is 19.4.